The van der Waals surface area contributed by atoms with Crippen LogP contribution in [-0.4, -0.2) is 11.2 Å². The highest BCUT2D eigenvalue weighted by Gasteiger charge is 2.47. The van der Waals surface area contributed by atoms with Gasteiger partial charge in [0.05, 0.1) is 6.10 Å². The Morgan fingerprint density at radius 1 is 1.00 bits per heavy atom. The molecule has 0 aromatic carbocycles. The normalized spacial score (nSPS) is 43.9. The summed E-state index contributed by atoms with van der Waals surface area (Å²) in [6.45, 7) is 0. The zero-order valence-corrected chi connectivity index (χ0v) is 6.01. The van der Waals surface area contributed by atoms with Crippen molar-refractivity contribution in [2.75, 3.05) is 0 Å². The van der Waals surface area contributed by atoms with Gasteiger partial charge in [-0.25, -0.2) is 0 Å². The van der Waals surface area contributed by atoms with Crippen molar-refractivity contribution in [2.24, 2.45) is 11.8 Å². The van der Waals surface area contributed by atoms with E-state index in [1.165, 1.54) is 0 Å². The fourth-order valence-corrected chi connectivity index (χ4v) is 1.85. The summed E-state index contributed by atoms with van der Waals surface area (Å²) in [6, 6.07) is 0. The van der Waals surface area contributed by atoms with Crippen molar-refractivity contribution in [1.29, 1.82) is 0 Å². The van der Waals surface area contributed by atoms with Gasteiger partial charge in [0.2, 0.25) is 0 Å². The average Bonchev–Trinajstić information content (AvgIpc) is 2.39. The molecule has 1 N–H and O–H groups in total. The van der Waals surface area contributed by atoms with Crippen LogP contribution in [0.1, 0.15) is 25.7 Å². The molecule has 2 rings (SSSR count). The van der Waals surface area contributed by atoms with Crippen LogP contribution in [-0.2, 0) is 0 Å². The van der Waals surface area contributed by atoms with Crippen LogP contribution in [0.5, 0.6) is 0 Å². The molecule has 0 aromatic heterocycles. The van der Waals surface area contributed by atoms with Crippen LogP contribution >= 0.6 is 0 Å². The second kappa shape index (κ2) is 2.29. The maximum absolute atomic E-state index is 9.32. The fourth-order valence-electron chi connectivity index (χ4n) is 1.85. The second-order valence-corrected chi connectivity index (χ2v) is 3.25. The van der Waals surface area contributed by atoms with Crippen molar-refractivity contribution >= 4 is 0 Å². The van der Waals surface area contributed by atoms with Crippen LogP contribution in [0.2, 0.25) is 0 Å². The largest absolute Gasteiger partial charge is 0.393 e. The van der Waals surface area contributed by atoms with Crippen molar-refractivity contribution in [3.05, 3.63) is 0 Å². The topological polar surface area (TPSA) is 20.2 Å². The highest BCUT2D eigenvalue weighted by Crippen LogP contribution is 2.45. The molecule has 54 valence electrons. The van der Waals surface area contributed by atoms with Gasteiger partial charge in [-0.3, -0.25) is 0 Å². The molecule has 0 saturated heterocycles. The molecular formula is C9H12O. The van der Waals surface area contributed by atoms with Crippen molar-refractivity contribution in [3.8, 4) is 11.8 Å². The van der Waals surface area contributed by atoms with Gasteiger partial charge in [-0.2, -0.15) is 0 Å². The Morgan fingerprint density at radius 2 is 1.50 bits per heavy atom. The summed E-state index contributed by atoms with van der Waals surface area (Å²) < 4.78 is 0. The Bertz CT molecular complexity index is 169. The molecule has 0 aromatic rings. The third-order valence-electron chi connectivity index (χ3n) is 2.62. The van der Waals surface area contributed by atoms with Gasteiger partial charge in [0, 0.05) is 12.8 Å². The van der Waals surface area contributed by atoms with Crippen molar-refractivity contribution in [3.63, 3.8) is 0 Å². The highest BCUT2D eigenvalue weighted by molar-refractivity contribution is 5.07. The van der Waals surface area contributed by atoms with Gasteiger partial charge >= 0.3 is 0 Å². The number of aliphatic hydroxyl groups excluding tert-OH is 1. The second-order valence-electron chi connectivity index (χ2n) is 3.25. The van der Waals surface area contributed by atoms with Crippen LogP contribution in [0.15, 0.2) is 0 Å². The van der Waals surface area contributed by atoms with E-state index in [1.807, 2.05) is 0 Å². The first-order valence-corrected chi connectivity index (χ1v) is 4.03. The molecule has 1 saturated carbocycles. The minimum Gasteiger partial charge on any atom is -0.393 e. The summed E-state index contributed by atoms with van der Waals surface area (Å²) in [6.07, 6.45) is 4.26. The summed E-state index contributed by atoms with van der Waals surface area (Å²) in [5.74, 6) is 7.42. The minimum atomic E-state index is 0.0155. The van der Waals surface area contributed by atoms with Gasteiger partial charge in [-0.05, 0) is 24.7 Å². The van der Waals surface area contributed by atoms with E-state index < -0.39 is 0 Å². The number of hydrogen-bond donors (Lipinski definition) is 1. The maximum Gasteiger partial charge on any atom is 0.0604 e. The summed E-state index contributed by atoms with van der Waals surface area (Å²) in [5, 5.41) is 9.32. The number of fused-ring (bicyclic) bond motifs is 1. The van der Waals surface area contributed by atoms with E-state index in [1.54, 1.807) is 0 Å². The van der Waals surface area contributed by atoms with Crippen molar-refractivity contribution in [1.82, 2.24) is 0 Å². The molecule has 0 spiro atoms. The van der Waals surface area contributed by atoms with E-state index in [-0.39, 0.29) is 6.10 Å². The van der Waals surface area contributed by atoms with Gasteiger partial charge in [0.25, 0.3) is 0 Å². The van der Waals surface area contributed by atoms with E-state index in [9.17, 15) is 5.11 Å². The van der Waals surface area contributed by atoms with Gasteiger partial charge in [0.1, 0.15) is 0 Å². The van der Waals surface area contributed by atoms with Crippen LogP contribution in [0.4, 0.5) is 0 Å². The Labute approximate surface area is 61.4 Å². The van der Waals surface area contributed by atoms with Crippen molar-refractivity contribution < 1.29 is 5.11 Å². The average molecular weight is 136 g/mol. The minimum absolute atomic E-state index is 0.0155. The predicted octanol–water partition coefficient (Wildman–Crippen LogP) is 1.17. The monoisotopic (exact) mass is 136 g/mol. The molecule has 0 unspecified atom stereocenters. The lowest BCUT2D eigenvalue weighted by Crippen LogP contribution is -1.85. The molecule has 2 aliphatic carbocycles. The van der Waals surface area contributed by atoms with E-state index >= 15 is 0 Å². The Balaban J connectivity index is 1.97. The maximum atomic E-state index is 9.32. The molecule has 2 aliphatic rings. The number of rotatable bonds is 0. The summed E-state index contributed by atoms with van der Waals surface area (Å²) in [5.41, 5.74) is 0. The third kappa shape index (κ3) is 0.932. The number of hydrogen-bond acceptors (Lipinski definition) is 1. The predicted molar refractivity (Wildman–Crippen MR) is 39.2 cm³/mol. The summed E-state index contributed by atoms with van der Waals surface area (Å²) >= 11 is 0. The Kier molecular flexibility index (Phi) is 1.43. The third-order valence-corrected chi connectivity index (χ3v) is 2.62. The molecule has 0 radical (unpaired) electrons. The first-order chi connectivity index (χ1) is 4.89. The first kappa shape index (κ1) is 6.24. The molecule has 1 heteroatoms. The molecular weight excluding hydrogens is 124 g/mol. The summed E-state index contributed by atoms with van der Waals surface area (Å²) in [4.78, 5) is 0. The van der Waals surface area contributed by atoms with Gasteiger partial charge in [0.15, 0.2) is 0 Å². The smallest absolute Gasteiger partial charge is 0.0604 e. The lowest BCUT2D eigenvalue weighted by molar-refractivity contribution is 0.244. The number of aliphatic hydroxyl groups is 1. The molecule has 10 heavy (non-hydrogen) atoms. The molecule has 0 aliphatic heterocycles. The van der Waals surface area contributed by atoms with Crippen LogP contribution < -0.4 is 0 Å². The standard InChI is InChI=1S/C9H12O/c10-9-7-5-3-1-2-4-6-8(7)9/h7-10H,3-6H2/t7-,8+,9-. The highest BCUT2D eigenvalue weighted by atomic mass is 16.3. The van der Waals surface area contributed by atoms with E-state index in [4.69, 9.17) is 0 Å². The lowest BCUT2D eigenvalue weighted by Gasteiger charge is -1.95. The molecule has 1 fully saturated rings. The van der Waals surface area contributed by atoms with Gasteiger partial charge in [-0.15, -0.1) is 11.8 Å². The Morgan fingerprint density at radius 3 is 2.00 bits per heavy atom. The van der Waals surface area contributed by atoms with Crippen LogP contribution in [0.25, 0.3) is 0 Å². The first-order valence-electron chi connectivity index (χ1n) is 4.03. The van der Waals surface area contributed by atoms with E-state index in [0.717, 1.165) is 25.7 Å². The SMILES string of the molecule is O[C@H]1[C@H]2CCC#CCC[C@@H]12. The zero-order valence-electron chi connectivity index (χ0n) is 6.01. The zero-order chi connectivity index (χ0) is 6.97. The van der Waals surface area contributed by atoms with Crippen molar-refractivity contribution in [2.45, 2.75) is 31.8 Å². The van der Waals surface area contributed by atoms with Gasteiger partial charge < -0.3 is 5.11 Å². The molecule has 0 amide bonds. The van der Waals surface area contributed by atoms with Crippen LogP contribution in [0, 0.1) is 23.7 Å². The molecule has 0 heterocycles. The molecule has 3 atom stereocenters. The quantitative estimate of drug-likeness (QED) is 0.496. The molecule has 0 bridgehead atoms. The van der Waals surface area contributed by atoms with Crippen LogP contribution in [0.3, 0.4) is 0 Å². The fraction of sp³-hybridized carbons (Fsp3) is 0.778. The Hall–Kier alpha value is -0.480. The lowest BCUT2D eigenvalue weighted by atomic mass is 10.1. The van der Waals surface area contributed by atoms with Gasteiger partial charge in [-0.1, -0.05) is 0 Å². The summed E-state index contributed by atoms with van der Waals surface area (Å²) in [7, 11) is 0. The van der Waals surface area contributed by atoms with E-state index in [0.29, 0.717) is 11.8 Å². The van der Waals surface area contributed by atoms with E-state index in [2.05, 4.69) is 11.8 Å². The molecule has 1 nitrogen and oxygen atoms in total.